The molecule has 1 fully saturated rings. The van der Waals surface area contributed by atoms with E-state index >= 15 is 0 Å². The molecule has 0 radical (unpaired) electrons. The molecule has 1 aliphatic rings. The van der Waals surface area contributed by atoms with Crippen LogP contribution in [0.3, 0.4) is 0 Å². The second-order valence-corrected chi connectivity index (χ2v) is 7.00. The summed E-state index contributed by atoms with van der Waals surface area (Å²) in [6.07, 6.45) is 2.50. The first-order chi connectivity index (χ1) is 7.88. The summed E-state index contributed by atoms with van der Waals surface area (Å²) in [5, 5.41) is 0. The van der Waals surface area contributed by atoms with Gasteiger partial charge in [-0.3, -0.25) is 4.79 Å². The zero-order valence-corrected chi connectivity index (χ0v) is 11.7. The zero-order valence-electron chi connectivity index (χ0n) is 9.31. The number of anilines is 1. The van der Waals surface area contributed by atoms with Crippen molar-refractivity contribution in [3.05, 3.63) is 22.7 Å². The molecule has 1 heterocycles. The number of amides is 1. The number of nitrogens with zero attached hydrogens (tertiary/aromatic N) is 1. The summed E-state index contributed by atoms with van der Waals surface area (Å²) in [7, 11) is -3.26. The number of benzene rings is 1. The first-order valence-corrected chi connectivity index (χ1v) is 7.87. The first-order valence-electron chi connectivity index (χ1n) is 5.19. The fourth-order valence-corrected chi connectivity index (χ4v) is 3.15. The van der Waals surface area contributed by atoms with Crippen LogP contribution in [0.4, 0.5) is 5.69 Å². The highest BCUT2D eigenvalue weighted by Gasteiger charge is 2.23. The summed E-state index contributed by atoms with van der Waals surface area (Å²) < 4.78 is 23.7. The maximum Gasteiger partial charge on any atom is 0.227 e. The highest BCUT2D eigenvalue weighted by molar-refractivity contribution is 9.10. The second-order valence-electron chi connectivity index (χ2n) is 4.07. The number of carbonyl (C=O) groups excluding carboxylic acids is 1. The second kappa shape index (κ2) is 4.42. The van der Waals surface area contributed by atoms with Crippen LogP contribution in [-0.2, 0) is 14.6 Å². The standard InChI is InChI=1S/C11H12BrNO3S/c1-17(15,16)10-6-8(12)5-9(7-10)13-4-2-3-11(13)14/h5-7H,2-4H2,1H3. The van der Waals surface area contributed by atoms with Crippen molar-refractivity contribution in [1.82, 2.24) is 0 Å². The Bertz CT molecular complexity index is 568. The minimum Gasteiger partial charge on any atom is -0.312 e. The predicted molar refractivity (Wildman–Crippen MR) is 68.8 cm³/mol. The summed E-state index contributed by atoms with van der Waals surface area (Å²) in [4.78, 5) is 13.5. The Balaban J connectivity index is 2.49. The van der Waals surface area contributed by atoms with Crippen LogP contribution in [0, 0.1) is 0 Å². The molecule has 1 amide bonds. The third-order valence-electron chi connectivity index (χ3n) is 2.67. The summed E-state index contributed by atoms with van der Waals surface area (Å²) in [5.74, 6) is 0.0440. The Morgan fingerprint density at radius 1 is 1.29 bits per heavy atom. The Morgan fingerprint density at radius 3 is 2.53 bits per heavy atom. The summed E-state index contributed by atoms with van der Waals surface area (Å²) in [6.45, 7) is 0.651. The number of hydrogen-bond acceptors (Lipinski definition) is 3. The third-order valence-corrected chi connectivity index (χ3v) is 4.22. The topological polar surface area (TPSA) is 54.5 Å². The number of rotatable bonds is 2. The molecule has 0 unspecified atom stereocenters. The van der Waals surface area contributed by atoms with E-state index in [4.69, 9.17) is 0 Å². The number of halogens is 1. The average Bonchev–Trinajstić information content (AvgIpc) is 2.62. The van der Waals surface area contributed by atoms with Gasteiger partial charge in [-0.2, -0.15) is 0 Å². The summed E-state index contributed by atoms with van der Waals surface area (Å²) in [5.41, 5.74) is 0.641. The molecule has 0 spiro atoms. The minimum atomic E-state index is -3.26. The fraction of sp³-hybridized carbons (Fsp3) is 0.364. The van der Waals surface area contributed by atoms with Gasteiger partial charge in [0.25, 0.3) is 0 Å². The number of sulfone groups is 1. The predicted octanol–water partition coefficient (Wildman–Crippen LogP) is 1.98. The molecule has 0 bridgehead atoms. The van der Waals surface area contributed by atoms with E-state index in [1.807, 2.05) is 0 Å². The van der Waals surface area contributed by atoms with E-state index in [9.17, 15) is 13.2 Å². The van der Waals surface area contributed by atoms with Gasteiger partial charge in [0.2, 0.25) is 5.91 Å². The Morgan fingerprint density at radius 2 is 2.00 bits per heavy atom. The van der Waals surface area contributed by atoms with Gasteiger partial charge in [0.1, 0.15) is 0 Å². The van der Waals surface area contributed by atoms with Crippen molar-refractivity contribution in [1.29, 1.82) is 0 Å². The lowest BCUT2D eigenvalue weighted by molar-refractivity contribution is -0.117. The molecule has 92 valence electrons. The van der Waals surface area contributed by atoms with Crippen molar-refractivity contribution in [2.75, 3.05) is 17.7 Å². The number of hydrogen-bond donors (Lipinski definition) is 0. The van der Waals surface area contributed by atoms with Gasteiger partial charge in [-0.1, -0.05) is 15.9 Å². The fourth-order valence-electron chi connectivity index (χ4n) is 1.84. The summed E-state index contributed by atoms with van der Waals surface area (Å²) >= 11 is 3.27. The molecule has 1 aromatic carbocycles. The molecule has 0 aromatic heterocycles. The van der Waals surface area contributed by atoms with Gasteiger partial charge in [-0.25, -0.2) is 8.42 Å². The molecule has 1 aromatic rings. The van der Waals surface area contributed by atoms with E-state index in [1.54, 1.807) is 23.1 Å². The van der Waals surface area contributed by atoms with Gasteiger partial charge in [0.05, 0.1) is 4.90 Å². The van der Waals surface area contributed by atoms with Crippen molar-refractivity contribution in [2.24, 2.45) is 0 Å². The van der Waals surface area contributed by atoms with Crippen LogP contribution in [0.25, 0.3) is 0 Å². The van der Waals surface area contributed by atoms with E-state index in [-0.39, 0.29) is 10.8 Å². The molecule has 1 saturated heterocycles. The summed E-state index contributed by atoms with van der Waals surface area (Å²) in [6, 6.07) is 4.85. The molecule has 17 heavy (non-hydrogen) atoms. The smallest absolute Gasteiger partial charge is 0.227 e. The maximum atomic E-state index is 11.6. The average molecular weight is 318 g/mol. The molecule has 0 saturated carbocycles. The van der Waals surface area contributed by atoms with Gasteiger partial charge in [0, 0.05) is 29.4 Å². The molecule has 0 aliphatic carbocycles. The zero-order chi connectivity index (χ0) is 12.6. The lowest BCUT2D eigenvalue weighted by Crippen LogP contribution is -2.23. The first kappa shape index (κ1) is 12.6. The van der Waals surface area contributed by atoms with Crippen LogP contribution in [0.5, 0.6) is 0 Å². The maximum absolute atomic E-state index is 11.6. The van der Waals surface area contributed by atoms with Gasteiger partial charge < -0.3 is 4.90 Å². The van der Waals surface area contributed by atoms with Crippen LogP contribution in [0.1, 0.15) is 12.8 Å². The molecule has 2 rings (SSSR count). The molecule has 6 heteroatoms. The monoisotopic (exact) mass is 317 g/mol. The largest absolute Gasteiger partial charge is 0.312 e. The molecular formula is C11H12BrNO3S. The normalized spacial score (nSPS) is 16.6. The molecule has 0 atom stereocenters. The van der Waals surface area contributed by atoms with E-state index in [0.29, 0.717) is 23.1 Å². The van der Waals surface area contributed by atoms with Crippen molar-refractivity contribution >= 4 is 37.4 Å². The van der Waals surface area contributed by atoms with Crippen LogP contribution >= 0.6 is 15.9 Å². The molecule has 1 aliphatic heterocycles. The Kier molecular flexibility index (Phi) is 3.27. The van der Waals surface area contributed by atoms with E-state index in [1.165, 1.54) is 0 Å². The van der Waals surface area contributed by atoms with Gasteiger partial charge in [0.15, 0.2) is 9.84 Å². The van der Waals surface area contributed by atoms with Crippen molar-refractivity contribution in [3.8, 4) is 0 Å². The Labute approximate surface area is 109 Å². The lowest BCUT2D eigenvalue weighted by Gasteiger charge is -2.16. The van der Waals surface area contributed by atoms with Gasteiger partial charge in [-0.05, 0) is 24.6 Å². The molecule has 0 N–H and O–H groups in total. The van der Waals surface area contributed by atoms with Crippen molar-refractivity contribution in [2.45, 2.75) is 17.7 Å². The van der Waals surface area contributed by atoms with E-state index in [2.05, 4.69) is 15.9 Å². The lowest BCUT2D eigenvalue weighted by atomic mass is 10.3. The van der Waals surface area contributed by atoms with Crippen LogP contribution in [-0.4, -0.2) is 27.1 Å². The van der Waals surface area contributed by atoms with E-state index < -0.39 is 9.84 Å². The molecule has 4 nitrogen and oxygen atoms in total. The van der Waals surface area contributed by atoms with Crippen LogP contribution < -0.4 is 4.90 Å². The number of carbonyl (C=O) groups is 1. The van der Waals surface area contributed by atoms with Crippen molar-refractivity contribution in [3.63, 3.8) is 0 Å². The van der Waals surface area contributed by atoms with Gasteiger partial charge in [-0.15, -0.1) is 0 Å². The third kappa shape index (κ3) is 2.69. The van der Waals surface area contributed by atoms with Crippen LogP contribution in [0.2, 0.25) is 0 Å². The Hall–Kier alpha value is -0.880. The minimum absolute atomic E-state index is 0.0440. The highest BCUT2D eigenvalue weighted by Crippen LogP contribution is 2.28. The molecular weight excluding hydrogens is 306 g/mol. The van der Waals surface area contributed by atoms with E-state index in [0.717, 1.165) is 12.7 Å². The van der Waals surface area contributed by atoms with Crippen molar-refractivity contribution < 1.29 is 13.2 Å². The SMILES string of the molecule is CS(=O)(=O)c1cc(Br)cc(N2CCCC2=O)c1. The quantitative estimate of drug-likeness (QED) is 0.838. The van der Waals surface area contributed by atoms with Crippen LogP contribution in [0.15, 0.2) is 27.6 Å². The van der Waals surface area contributed by atoms with Gasteiger partial charge >= 0.3 is 0 Å². The highest BCUT2D eigenvalue weighted by atomic mass is 79.9.